The van der Waals surface area contributed by atoms with E-state index in [1.54, 1.807) is 4.90 Å². The standard InChI is InChI=1S/C21H28F2N2O2/c1-15(2)4-7-19(26)25-11-9-21(14-25)8-3-10-24(20(21)27)13-16-5-6-17(22)18(23)12-16/h5-6,12,15H,3-4,7-11,13-14H2,1-2H3/t21-/m0/s1. The van der Waals surface area contributed by atoms with Gasteiger partial charge >= 0.3 is 0 Å². The Morgan fingerprint density at radius 3 is 2.67 bits per heavy atom. The molecule has 0 bridgehead atoms. The van der Waals surface area contributed by atoms with Gasteiger partial charge in [-0.15, -0.1) is 0 Å². The molecule has 148 valence electrons. The highest BCUT2D eigenvalue weighted by Crippen LogP contribution is 2.40. The van der Waals surface area contributed by atoms with E-state index in [0.29, 0.717) is 44.0 Å². The maximum Gasteiger partial charge on any atom is 0.230 e. The average molecular weight is 378 g/mol. The largest absolute Gasteiger partial charge is 0.342 e. The van der Waals surface area contributed by atoms with Crippen molar-refractivity contribution in [2.24, 2.45) is 11.3 Å². The average Bonchev–Trinajstić information content (AvgIpc) is 3.05. The van der Waals surface area contributed by atoms with Gasteiger partial charge in [0.25, 0.3) is 0 Å². The summed E-state index contributed by atoms with van der Waals surface area (Å²) in [6.45, 7) is 6.19. The van der Waals surface area contributed by atoms with Crippen molar-refractivity contribution in [3.05, 3.63) is 35.4 Å². The zero-order valence-electron chi connectivity index (χ0n) is 16.1. The Hall–Kier alpha value is -1.98. The Morgan fingerprint density at radius 2 is 1.96 bits per heavy atom. The normalized spacial score (nSPS) is 22.9. The second-order valence-electron chi connectivity index (χ2n) is 8.36. The van der Waals surface area contributed by atoms with Gasteiger partial charge in [-0.1, -0.05) is 19.9 Å². The fourth-order valence-corrected chi connectivity index (χ4v) is 4.20. The van der Waals surface area contributed by atoms with Gasteiger partial charge in [0.2, 0.25) is 11.8 Å². The van der Waals surface area contributed by atoms with E-state index in [2.05, 4.69) is 13.8 Å². The van der Waals surface area contributed by atoms with Crippen LogP contribution in [0.5, 0.6) is 0 Å². The number of likely N-dealkylation sites (tertiary alicyclic amines) is 2. The first-order valence-electron chi connectivity index (χ1n) is 9.82. The summed E-state index contributed by atoms with van der Waals surface area (Å²) in [5.41, 5.74) is 0.0757. The van der Waals surface area contributed by atoms with E-state index in [1.165, 1.54) is 6.07 Å². The molecule has 0 radical (unpaired) electrons. The molecule has 3 rings (SSSR count). The summed E-state index contributed by atoms with van der Waals surface area (Å²) in [5.74, 6) is -1.13. The number of carbonyl (C=O) groups excluding carboxylic acids is 2. The van der Waals surface area contributed by atoms with Crippen molar-refractivity contribution in [3.63, 3.8) is 0 Å². The van der Waals surface area contributed by atoms with E-state index in [0.717, 1.165) is 31.4 Å². The number of piperidine rings is 1. The number of halogens is 2. The lowest BCUT2D eigenvalue weighted by atomic mass is 9.78. The summed E-state index contributed by atoms with van der Waals surface area (Å²) in [7, 11) is 0. The second-order valence-corrected chi connectivity index (χ2v) is 8.36. The van der Waals surface area contributed by atoms with Gasteiger partial charge in [0.15, 0.2) is 11.6 Å². The molecule has 1 aromatic carbocycles. The lowest BCUT2D eigenvalue weighted by Gasteiger charge is -2.39. The fraction of sp³-hybridized carbons (Fsp3) is 0.619. The first-order chi connectivity index (χ1) is 12.8. The van der Waals surface area contributed by atoms with Crippen molar-refractivity contribution >= 4 is 11.8 Å². The summed E-state index contributed by atoms with van der Waals surface area (Å²) >= 11 is 0. The molecule has 4 nitrogen and oxygen atoms in total. The van der Waals surface area contributed by atoms with Crippen molar-refractivity contribution in [2.75, 3.05) is 19.6 Å². The predicted molar refractivity (Wildman–Crippen MR) is 98.7 cm³/mol. The minimum Gasteiger partial charge on any atom is -0.342 e. The molecule has 0 N–H and O–H groups in total. The van der Waals surface area contributed by atoms with Crippen molar-refractivity contribution in [2.45, 2.75) is 52.5 Å². The van der Waals surface area contributed by atoms with Crippen molar-refractivity contribution in [1.29, 1.82) is 0 Å². The SMILES string of the molecule is CC(C)CCC(=O)N1CC[C@@]2(CCCN(Cc3ccc(F)c(F)c3)C2=O)C1. The Kier molecular flexibility index (Phi) is 5.82. The number of rotatable bonds is 5. The smallest absolute Gasteiger partial charge is 0.230 e. The minimum atomic E-state index is -0.894. The predicted octanol–water partition coefficient (Wildman–Crippen LogP) is 3.74. The van der Waals surface area contributed by atoms with Crippen molar-refractivity contribution < 1.29 is 18.4 Å². The van der Waals surface area contributed by atoms with Gasteiger partial charge in [-0.25, -0.2) is 8.78 Å². The molecule has 27 heavy (non-hydrogen) atoms. The Morgan fingerprint density at radius 1 is 1.19 bits per heavy atom. The van der Waals surface area contributed by atoms with Crippen LogP contribution in [-0.2, 0) is 16.1 Å². The maximum absolute atomic E-state index is 13.5. The van der Waals surface area contributed by atoms with Crippen LogP contribution in [0, 0.1) is 23.0 Å². The lowest BCUT2D eigenvalue weighted by molar-refractivity contribution is -0.146. The molecule has 2 aliphatic rings. The number of nitrogens with zero attached hydrogens (tertiary/aromatic N) is 2. The molecule has 2 fully saturated rings. The number of hydrogen-bond donors (Lipinski definition) is 0. The lowest BCUT2D eigenvalue weighted by Crippen LogP contribution is -2.50. The number of hydrogen-bond acceptors (Lipinski definition) is 2. The van der Waals surface area contributed by atoms with Gasteiger partial charge in [-0.05, 0) is 49.3 Å². The Labute approximate surface area is 159 Å². The summed E-state index contributed by atoms with van der Waals surface area (Å²) in [6, 6.07) is 3.77. The Balaban J connectivity index is 1.66. The van der Waals surface area contributed by atoms with Crippen LogP contribution >= 0.6 is 0 Å². The van der Waals surface area contributed by atoms with Crippen LogP contribution in [0.25, 0.3) is 0 Å². The number of carbonyl (C=O) groups is 2. The van der Waals surface area contributed by atoms with Gasteiger partial charge in [0.1, 0.15) is 0 Å². The molecule has 2 aliphatic heterocycles. The minimum absolute atomic E-state index is 0.0395. The topological polar surface area (TPSA) is 40.6 Å². The highest BCUT2D eigenvalue weighted by molar-refractivity contribution is 5.86. The summed E-state index contributed by atoms with van der Waals surface area (Å²) in [5, 5.41) is 0. The van der Waals surface area contributed by atoms with Crippen LogP contribution in [0.1, 0.15) is 51.5 Å². The third-order valence-electron chi connectivity index (χ3n) is 5.82. The Bertz CT molecular complexity index is 722. The van der Waals surface area contributed by atoms with Crippen molar-refractivity contribution in [3.8, 4) is 0 Å². The zero-order valence-corrected chi connectivity index (χ0v) is 16.1. The molecule has 2 saturated heterocycles. The van der Waals surface area contributed by atoms with Gasteiger partial charge in [-0.2, -0.15) is 0 Å². The molecule has 6 heteroatoms. The third kappa shape index (κ3) is 4.30. The molecule has 0 aromatic heterocycles. The van der Waals surface area contributed by atoms with Crippen LogP contribution in [-0.4, -0.2) is 41.2 Å². The van der Waals surface area contributed by atoms with Crippen molar-refractivity contribution in [1.82, 2.24) is 9.80 Å². The van der Waals surface area contributed by atoms with Gasteiger partial charge in [0, 0.05) is 32.6 Å². The highest BCUT2D eigenvalue weighted by Gasteiger charge is 2.49. The molecular formula is C21H28F2N2O2. The number of benzene rings is 1. The van der Waals surface area contributed by atoms with Gasteiger partial charge < -0.3 is 9.80 Å². The van der Waals surface area contributed by atoms with Gasteiger partial charge in [-0.3, -0.25) is 9.59 Å². The molecule has 1 atom stereocenters. The quantitative estimate of drug-likeness (QED) is 0.783. The van der Waals surface area contributed by atoms with Crippen LogP contribution in [0.4, 0.5) is 8.78 Å². The molecule has 2 amide bonds. The molecule has 0 saturated carbocycles. The summed E-state index contributed by atoms with van der Waals surface area (Å²) in [6.07, 6.45) is 3.73. The first kappa shape index (κ1) is 19.8. The van der Waals surface area contributed by atoms with Gasteiger partial charge in [0.05, 0.1) is 5.41 Å². The fourth-order valence-electron chi connectivity index (χ4n) is 4.20. The van der Waals surface area contributed by atoms with E-state index >= 15 is 0 Å². The first-order valence-corrected chi connectivity index (χ1v) is 9.82. The van der Waals surface area contributed by atoms with E-state index in [1.807, 2.05) is 4.90 Å². The van der Waals surface area contributed by atoms with E-state index < -0.39 is 17.0 Å². The van der Waals surface area contributed by atoms with E-state index in [9.17, 15) is 18.4 Å². The van der Waals surface area contributed by atoms with Crippen LogP contribution in [0.15, 0.2) is 18.2 Å². The molecular weight excluding hydrogens is 350 g/mol. The molecule has 1 aromatic rings. The maximum atomic E-state index is 13.5. The third-order valence-corrected chi connectivity index (χ3v) is 5.82. The van der Waals surface area contributed by atoms with E-state index in [-0.39, 0.29) is 18.4 Å². The molecule has 0 aliphatic carbocycles. The summed E-state index contributed by atoms with van der Waals surface area (Å²) < 4.78 is 26.6. The van der Waals surface area contributed by atoms with Crippen LogP contribution in [0.3, 0.4) is 0 Å². The second kappa shape index (κ2) is 7.95. The monoisotopic (exact) mass is 378 g/mol. The molecule has 1 spiro atoms. The summed E-state index contributed by atoms with van der Waals surface area (Å²) in [4.78, 5) is 29.2. The zero-order chi connectivity index (χ0) is 19.6. The molecule has 2 heterocycles. The van der Waals surface area contributed by atoms with Crippen LogP contribution in [0.2, 0.25) is 0 Å². The highest BCUT2D eigenvalue weighted by atomic mass is 19.2. The van der Waals surface area contributed by atoms with E-state index in [4.69, 9.17) is 0 Å². The van der Waals surface area contributed by atoms with Crippen LogP contribution < -0.4 is 0 Å². The molecule has 0 unspecified atom stereocenters. The number of amides is 2.